The van der Waals surface area contributed by atoms with Gasteiger partial charge in [-0.3, -0.25) is 9.59 Å². The first-order chi connectivity index (χ1) is 24.0. The molecule has 51 heavy (non-hydrogen) atoms. The lowest BCUT2D eigenvalue weighted by Gasteiger charge is -2.48. The highest BCUT2D eigenvalue weighted by atomic mass is 16.7. The number of alkyl carbamates (subject to hydrolysis) is 1. The van der Waals surface area contributed by atoms with Gasteiger partial charge >= 0.3 is 12.1 Å². The molecule has 4 N–H and O–H groups in total. The molecule has 4 fully saturated rings. The Hall–Kier alpha value is -1.91. The molecule has 4 aliphatic heterocycles. The summed E-state index contributed by atoms with van der Waals surface area (Å²) in [5, 5.41) is 29.5. The molecular weight excluding hydrogens is 660 g/mol. The fourth-order valence-electron chi connectivity index (χ4n) is 8.89. The van der Waals surface area contributed by atoms with Crippen LogP contribution in [0.25, 0.3) is 0 Å². The number of carbonyl (C=O) groups is 3. The van der Waals surface area contributed by atoms with Crippen LogP contribution >= 0.6 is 0 Å². The molecule has 0 aromatic carbocycles. The molecule has 14 atom stereocenters. The van der Waals surface area contributed by atoms with E-state index < -0.39 is 83.7 Å². The van der Waals surface area contributed by atoms with E-state index in [0.29, 0.717) is 38.8 Å². The van der Waals surface area contributed by atoms with Crippen molar-refractivity contribution >= 4 is 17.8 Å². The second kappa shape index (κ2) is 17.5. The summed E-state index contributed by atoms with van der Waals surface area (Å²) in [4.78, 5) is 44.9. The maximum absolute atomic E-state index is 14.3. The molecule has 0 bridgehead atoms. The maximum Gasteiger partial charge on any atom is 0.408 e. The number of fused-ring (bicyclic) bond motifs is 1. The average molecular weight is 727 g/mol. The summed E-state index contributed by atoms with van der Waals surface area (Å²) in [5.74, 6) is -3.23. The number of ketones is 1. The Balaban J connectivity index is 1.69. The van der Waals surface area contributed by atoms with Gasteiger partial charge in [0.15, 0.2) is 17.7 Å². The van der Waals surface area contributed by atoms with Crippen LogP contribution in [-0.4, -0.2) is 151 Å². The van der Waals surface area contributed by atoms with Crippen molar-refractivity contribution in [2.24, 2.45) is 17.8 Å². The molecule has 4 rings (SSSR count). The molecule has 0 radical (unpaired) electrons. The summed E-state index contributed by atoms with van der Waals surface area (Å²) < 4.78 is 31.3. The van der Waals surface area contributed by atoms with Gasteiger partial charge in [-0.25, -0.2) is 4.79 Å². The molecule has 14 nitrogen and oxygen atoms in total. The number of methoxy groups -OCH3 is 1. The van der Waals surface area contributed by atoms with E-state index in [-0.39, 0.29) is 18.0 Å². The fraction of sp³-hybridized carbons (Fsp3) is 0.919. The number of hydrogen-bond acceptors (Lipinski definition) is 13. The number of hydrogen-bond donors (Lipinski definition) is 4. The first-order valence-corrected chi connectivity index (χ1v) is 19.1. The number of aliphatic hydroxyl groups is 2. The first kappa shape index (κ1) is 41.8. The number of esters is 1. The quantitative estimate of drug-likeness (QED) is 0.202. The van der Waals surface area contributed by atoms with Gasteiger partial charge in [0.1, 0.15) is 18.1 Å². The van der Waals surface area contributed by atoms with Crippen LogP contribution in [-0.2, 0) is 33.3 Å². The van der Waals surface area contributed by atoms with Gasteiger partial charge in [0.25, 0.3) is 0 Å². The third kappa shape index (κ3) is 9.08. The Morgan fingerprint density at radius 1 is 1.10 bits per heavy atom. The van der Waals surface area contributed by atoms with Crippen LogP contribution in [0.5, 0.6) is 0 Å². The molecular formula is C37H66N4O10. The van der Waals surface area contributed by atoms with Gasteiger partial charge in [-0.15, -0.1) is 0 Å². The van der Waals surface area contributed by atoms with Crippen LogP contribution in [0.4, 0.5) is 4.79 Å². The zero-order valence-electron chi connectivity index (χ0n) is 32.6. The van der Waals surface area contributed by atoms with Gasteiger partial charge < -0.3 is 54.3 Å². The summed E-state index contributed by atoms with van der Waals surface area (Å²) >= 11 is 0. The normalized spacial score (nSPS) is 42.8. The fourth-order valence-corrected chi connectivity index (χ4v) is 8.89. The Labute approximate surface area is 304 Å². The smallest absolute Gasteiger partial charge is 0.408 e. The Bertz CT molecular complexity index is 1190. The number of nitrogens with one attached hydrogen (secondary N) is 2. The second-order valence-electron chi connectivity index (χ2n) is 16.0. The zero-order valence-corrected chi connectivity index (χ0v) is 32.6. The molecule has 0 spiro atoms. The predicted octanol–water partition coefficient (Wildman–Crippen LogP) is 2.08. The molecule has 0 saturated carbocycles. The number of likely N-dealkylation sites (N-methyl/N-ethyl adjacent to an activating group) is 1. The summed E-state index contributed by atoms with van der Waals surface area (Å²) in [6.45, 7) is 15.7. The Morgan fingerprint density at radius 2 is 1.76 bits per heavy atom. The molecule has 4 heterocycles. The summed E-state index contributed by atoms with van der Waals surface area (Å²) in [5.41, 5.74) is -2.21. The number of ether oxygens (including phenoxy) is 5. The van der Waals surface area contributed by atoms with Crippen molar-refractivity contribution < 1.29 is 48.3 Å². The molecule has 0 aromatic rings. The number of rotatable bonds is 9. The lowest BCUT2D eigenvalue weighted by molar-refractivity contribution is -0.307. The summed E-state index contributed by atoms with van der Waals surface area (Å²) in [6.07, 6.45) is -2.26. The minimum absolute atomic E-state index is 0.0102. The maximum atomic E-state index is 14.3. The van der Waals surface area contributed by atoms with Gasteiger partial charge in [-0.2, -0.15) is 0 Å². The highest BCUT2D eigenvalue weighted by Crippen LogP contribution is 2.39. The van der Waals surface area contributed by atoms with Crippen molar-refractivity contribution in [3.8, 4) is 0 Å². The van der Waals surface area contributed by atoms with E-state index >= 15 is 0 Å². The van der Waals surface area contributed by atoms with Crippen LogP contribution in [0.3, 0.4) is 0 Å². The van der Waals surface area contributed by atoms with Crippen molar-refractivity contribution in [1.29, 1.82) is 0 Å². The number of carbonyl (C=O) groups excluding carboxylic acids is 3. The standard InChI is InChI=1S/C37H66N4O10/c1-11-28-37(12-2)31(39-35(46)51-37)24(6)38-19-21(3)18-36(7,47-10)32(22(4)29(43)23(5)33(45)49-28)50-34-30(44)25(40(8)9)17-27(48-34)26(42)20-41-15-13-14-16-41/h21-28,30-32,34,38,42,44H,11-20H2,1-10H3,(H,39,46)/t21-,22+,23?,24-,25?,26?,27+,28-,30?,31-,32-,34+,36-,37-/m1/s1. The van der Waals surface area contributed by atoms with E-state index in [4.69, 9.17) is 23.7 Å². The number of nitrogens with zero attached hydrogens (tertiary/aromatic N) is 2. The van der Waals surface area contributed by atoms with Crippen LogP contribution in [0.2, 0.25) is 0 Å². The van der Waals surface area contributed by atoms with Gasteiger partial charge in [-0.05, 0) is 98.9 Å². The number of Topliss-reactive ketones (excluding diaryl/α,β-unsaturated/α-hetero) is 1. The van der Waals surface area contributed by atoms with Crippen molar-refractivity contribution in [1.82, 2.24) is 20.4 Å². The van der Waals surface area contributed by atoms with Gasteiger partial charge in [0, 0.05) is 31.7 Å². The highest BCUT2D eigenvalue weighted by Gasteiger charge is 2.57. The van der Waals surface area contributed by atoms with Gasteiger partial charge in [0.2, 0.25) is 0 Å². The van der Waals surface area contributed by atoms with E-state index in [1.165, 1.54) is 6.92 Å². The number of β-amino-alcohol motifs (C(OH)–C–C–N with tert-alkyl or cyclic N) is 1. The Morgan fingerprint density at radius 3 is 2.35 bits per heavy atom. The zero-order chi connectivity index (χ0) is 37.8. The summed E-state index contributed by atoms with van der Waals surface area (Å²) in [6, 6.07) is -1.14. The Kier molecular flexibility index (Phi) is 14.3. The minimum Gasteiger partial charge on any atom is -0.457 e. The number of likely N-dealkylation sites (tertiary alicyclic amines) is 1. The average Bonchev–Trinajstić information content (AvgIpc) is 3.74. The van der Waals surface area contributed by atoms with E-state index in [0.717, 1.165) is 25.9 Å². The third-order valence-electron chi connectivity index (χ3n) is 12.1. The van der Waals surface area contributed by atoms with Crippen LogP contribution in [0, 0.1) is 17.8 Å². The summed E-state index contributed by atoms with van der Waals surface area (Å²) in [7, 11) is 5.31. The third-order valence-corrected chi connectivity index (χ3v) is 12.1. The molecule has 1 amide bonds. The lowest BCUT2D eigenvalue weighted by atomic mass is 9.78. The van der Waals surface area contributed by atoms with E-state index in [1.54, 1.807) is 14.0 Å². The number of amides is 1. The SMILES string of the molecule is CC[C@H]1OC(=O)C(C)C(=O)[C@H](C)[C@@H](O[C@@H]2O[C@H](C(O)CN3CCCC3)CC(N(C)C)C2O)[C@](C)(OC)C[C@@H](C)CN[C@H](C)[C@H]2NC(=O)O[C@@]21CC. The van der Waals surface area contributed by atoms with Crippen molar-refractivity contribution in [3.63, 3.8) is 0 Å². The van der Waals surface area contributed by atoms with Crippen molar-refractivity contribution in [2.45, 2.75) is 153 Å². The number of aliphatic hydroxyl groups excluding tert-OH is 2. The molecule has 4 unspecified atom stereocenters. The van der Waals surface area contributed by atoms with Crippen LogP contribution in [0.15, 0.2) is 0 Å². The topological polar surface area (TPSA) is 168 Å². The largest absolute Gasteiger partial charge is 0.457 e. The molecule has 4 saturated heterocycles. The lowest BCUT2D eigenvalue weighted by Crippen LogP contribution is -2.61. The number of cyclic esters (lactones) is 1. The highest BCUT2D eigenvalue weighted by molar-refractivity contribution is 6.00. The van der Waals surface area contributed by atoms with Gasteiger partial charge in [0.05, 0.1) is 30.0 Å². The van der Waals surface area contributed by atoms with E-state index in [2.05, 4.69) is 22.5 Å². The first-order valence-electron chi connectivity index (χ1n) is 19.1. The molecule has 0 aliphatic carbocycles. The van der Waals surface area contributed by atoms with Crippen molar-refractivity contribution in [2.75, 3.05) is 47.4 Å². The van der Waals surface area contributed by atoms with Crippen LogP contribution < -0.4 is 10.6 Å². The monoisotopic (exact) mass is 726 g/mol. The molecule has 4 aliphatic rings. The van der Waals surface area contributed by atoms with Gasteiger partial charge in [-0.1, -0.05) is 27.7 Å². The molecule has 14 heteroatoms. The molecule has 294 valence electrons. The van der Waals surface area contributed by atoms with Crippen molar-refractivity contribution in [3.05, 3.63) is 0 Å². The van der Waals surface area contributed by atoms with E-state index in [9.17, 15) is 24.6 Å². The minimum atomic E-state index is -1.19. The van der Waals surface area contributed by atoms with Crippen LogP contribution in [0.1, 0.15) is 87.0 Å². The molecule has 0 aromatic heterocycles. The predicted molar refractivity (Wildman–Crippen MR) is 190 cm³/mol. The van der Waals surface area contributed by atoms with E-state index in [1.807, 2.05) is 46.7 Å². The second-order valence-corrected chi connectivity index (χ2v) is 16.0.